The number of sulfonamides is 3. The van der Waals surface area contributed by atoms with Crippen molar-refractivity contribution in [2.75, 3.05) is 74.7 Å². The minimum Gasteiger partial charge on any atom is -0.392 e. The number of aryl methyl sites for hydroxylation is 1. The molecule has 15 aromatic rings. The zero-order chi connectivity index (χ0) is 105. The second-order valence-corrected chi connectivity index (χ2v) is 42.7. The molecule has 1 aliphatic heterocycles. The Kier molecular flexibility index (Phi) is 37.5. The second kappa shape index (κ2) is 49.7. The Morgan fingerprint density at radius 1 is 0.384 bits per heavy atom. The molecular formula is C104H91Cl5F3N15O15S4. The average Bonchev–Trinajstić information content (AvgIpc) is 0.795. The van der Waals surface area contributed by atoms with Crippen LogP contribution in [-0.4, -0.2) is 157 Å². The predicted octanol–water partition coefficient (Wildman–Crippen LogP) is 21.4. The van der Waals surface area contributed by atoms with Crippen LogP contribution in [0.15, 0.2) is 321 Å². The van der Waals surface area contributed by atoms with Gasteiger partial charge in [0.15, 0.2) is 9.84 Å². The van der Waals surface area contributed by atoms with Crippen molar-refractivity contribution < 1.29 is 80.7 Å². The van der Waals surface area contributed by atoms with Gasteiger partial charge in [-0.1, -0.05) is 94.4 Å². The number of halogens is 8. The maximum Gasteiger partial charge on any atom is 0.433 e. The molecule has 42 heteroatoms. The van der Waals surface area contributed by atoms with Gasteiger partial charge < -0.3 is 36.6 Å². The quantitative estimate of drug-likeness (QED) is 0.0263. The third kappa shape index (κ3) is 31.4. The standard InChI is InChI=1S/C24H23ClN4O4S.C21H20ClN3O3S.C20H15ClF3N3O2.C20H17ClN2O3S.C19H16ClN3O3S/c1-17(30)28-12-14-29(15-13-28)34(32,33)20-8-5-18(6-9-20)24(31)27-19-7-10-22(25)21(16-19)23-4-2-3-11-26-23;1-14(2)29(27,28)25-16-8-6-15(7-9-16)21(26)24-17-10-11-19(22)18(13-17)20-5-3-4-12-23-20;1-11-14(3-5-18(26-11)20(22,23)24)19(29)27-13-2-4-16(21)15(9-13)17-8-12(10-28)6-7-25-17;1-27(25,26)13-14-5-7-15(8-6-14)20(24)23-16-9-10-18(21)17(12-16)19-4-2-3-11-22-19;1-27(25,26)23-14-7-5-13(6-8-14)19(24)22-15-9-10-17(20)16(12-15)18-4-2-3-11-21-18/h2-11,16H,12-15H2,1H3,(H,27,31);3-14,25H,1-2H3,(H,24,26);2-9,28H,10H2,1H3,(H,27,29);2-12H,13H2,1H3,(H,23,24);2-12,23H,1H3,(H,22,24). The number of rotatable bonds is 25. The molecule has 1 saturated heterocycles. The molecule has 16 rings (SSSR count). The summed E-state index contributed by atoms with van der Waals surface area (Å²) in [6.45, 7) is 7.01. The smallest absolute Gasteiger partial charge is 0.392 e. The summed E-state index contributed by atoms with van der Waals surface area (Å²) < 4.78 is 139. The molecule has 30 nitrogen and oxygen atoms in total. The Balaban J connectivity index is 0.000000163. The van der Waals surface area contributed by atoms with Crippen molar-refractivity contribution in [3.8, 4) is 56.3 Å². The van der Waals surface area contributed by atoms with Crippen LogP contribution in [0.4, 0.5) is 53.0 Å². The molecule has 1 fully saturated rings. The molecule has 0 bridgehead atoms. The van der Waals surface area contributed by atoms with E-state index >= 15 is 0 Å². The number of aliphatic hydroxyl groups excluding tert-OH is 1. The highest BCUT2D eigenvalue weighted by molar-refractivity contribution is 7.93. The number of nitrogens with zero attached hydrogens (tertiary/aromatic N) is 8. The van der Waals surface area contributed by atoms with E-state index in [9.17, 15) is 80.7 Å². The third-order valence-corrected chi connectivity index (χ3v) is 28.1. The van der Waals surface area contributed by atoms with E-state index in [0.29, 0.717) is 162 Å². The lowest BCUT2D eigenvalue weighted by molar-refractivity contribution is -0.141. The molecule has 0 atom stereocenters. The van der Waals surface area contributed by atoms with Crippen LogP contribution in [0.25, 0.3) is 56.3 Å². The third-order valence-electron chi connectivity index (χ3n) is 21.3. The number of benzene rings is 9. The molecule has 8 N–H and O–H groups in total. The number of piperazine rings is 1. The lowest BCUT2D eigenvalue weighted by atomic mass is 10.1. The van der Waals surface area contributed by atoms with Gasteiger partial charge in [0.05, 0.1) is 93.6 Å². The van der Waals surface area contributed by atoms with Crippen molar-refractivity contribution >= 4 is 173 Å². The fourth-order valence-corrected chi connectivity index (χ4v) is 18.4. The van der Waals surface area contributed by atoms with Crippen LogP contribution in [0.5, 0.6) is 0 Å². The fourth-order valence-electron chi connectivity index (χ4n) is 13.9. The number of hydrogen-bond acceptors (Lipinski definition) is 21. The van der Waals surface area contributed by atoms with E-state index in [1.54, 1.807) is 213 Å². The maximum atomic E-state index is 12.9. The topological polar surface area (TPSA) is 427 Å². The first-order valence-electron chi connectivity index (χ1n) is 44.0. The number of nitrogens with one attached hydrogen (secondary N) is 7. The van der Waals surface area contributed by atoms with E-state index in [2.05, 4.69) is 65.9 Å². The number of sulfone groups is 1. The minimum atomic E-state index is -4.58. The van der Waals surface area contributed by atoms with E-state index in [-0.39, 0.29) is 71.1 Å². The zero-order valence-electron chi connectivity index (χ0n) is 78.2. The molecule has 6 amide bonds. The lowest BCUT2D eigenvalue weighted by Gasteiger charge is -2.33. The van der Waals surface area contributed by atoms with Gasteiger partial charge in [-0.15, -0.1) is 0 Å². The largest absolute Gasteiger partial charge is 0.433 e. The van der Waals surface area contributed by atoms with Crippen molar-refractivity contribution in [3.63, 3.8) is 0 Å². The zero-order valence-corrected chi connectivity index (χ0v) is 85.3. The molecule has 0 saturated carbocycles. The van der Waals surface area contributed by atoms with Crippen molar-refractivity contribution in [1.82, 2.24) is 39.1 Å². The average molecular weight is 2150 g/mol. The van der Waals surface area contributed by atoms with Crippen molar-refractivity contribution in [2.24, 2.45) is 0 Å². The van der Waals surface area contributed by atoms with Crippen LogP contribution in [0.2, 0.25) is 25.1 Å². The highest BCUT2D eigenvalue weighted by atomic mass is 35.5. The summed E-state index contributed by atoms with van der Waals surface area (Å²) in [6, 6.07) is 77.1. The number of aromatic nitrogens is 6. The highest BCUT2D eigenvalue weighted by Crippen LogP contribution is 2.37. The van der Waals surface area contributed by atoms with Gasteiger partial charge in [-0.3, -0.25) is 63.1 Å². The number of pyridine rings is 6. The van der Waals surface area contributed by atoms with E-state index in [0.717, 1.165) is 24.0 Å². The number of anilines is 7. The molecule has 0 unspecified atom stereocenters. The first-order valence-corrected chi connectivity index (χ1v) is 52.8. The summed E-state index contributed by atoms with van der Waals surface area (Å²) in [5.41, 5.74) is 11.8. The number of alkyl halides is 3. The molecule has 0 radical (unpaired) electrons. The number of amides is 6. The number of hydrogen-bond donors (Lipinski definition) is 8. The van der Waals surface area contributed by atoms with Gasteiger partial charge in [0.1, 0.15) is 5.69 Å². The summed E-state index contributed by atoms with van der Waals surface area (Å²) in [7, 11) is -13.6. The van der Waals surface area contributed by atoms with Crippen LogP contribution >= 0.6 is 58.0 Å². The van der Waals surface area contributed by atoms with Crippen molar-refractivity contribution in [2.45, 2.75) is 56.4 Å². The van der Waals surface area contributed by atoms with Gasteiger partial charge >= 0.3 is 6.18 Å². The highest BCUT2D eigenvalue weighted by Gasteiger charge is 2.34. The van der Waals surface area contributed by atoms with E-state index < -0.39 is 62.9 Å². The second-order valence-electron chi connectivity index (χ2n) is 32.6. The van der Waals surface area contributed by atoms with Gasteiger partial charge in [0.2, 0.25) is 36.0 Å². The molecule has 9 aromatic carbocycles. The number of aliphatic hydroxyl groups is 1. The summed E-state index contributed by atoms with van der Waals surface area (Å²) in [6.07, 6.45) is 5.86. The van der Waals surface area contributed by atoms with Crippen LogP contribution < -0.4 is 36.0 Å². The summed E-state index contributed by atoms with van der Waals surface area (Å²) in [5, 5.41) is 25.1. The Morgan fingerprint density at radius 2 is 0.712 bits per heavy atom. The number of carbonyl (C=O) groups is 6. The summed E-state index contributed by atoms with van der Waals surface area (Å²) in [4.78, 5) is 101. The number of carbonyl (C=O) groups excluding carboxylic acids is 6. The van der Waals surface area contributed by atoms with Gasteiger partial charge in [-0.25, -0.2) is 38.7 Å². The SMILES string of the molecule is CC(=O)N1CCN(S(=O)(=O)c2ccc(C(=O)Nc3ccc(Cl)c(-c4ccccn4)c3)cc2)CC1.CC(C)S(=O)(=O)Nc1ccc(C(=O)Nc2ccc(Cl)c(-c3ccccn3)c2)cc1.CS(=O)(=O)Cc1ccc(C(=O)Nc2ccc(Cl)c(-c3ccccn3)c2)cc1.CS(=O)(=O)Nc1ccc(C(=O)Nc2ccc(Cl)c(-c3ccccn3)c2)cc1.Cc1nc(C(F)(F)F)ccc1C(=O)Nc1ccc(Cl)c(-c2cc(CO)ccn2)c1. The molecular weight excluding hydrogens is 2060 g/mol. The molecule has 0 spiro atoms. The predicted molar refractivity (Wildman–Crippen MR) is 565 cm³/mol. The van der Waals surface area contributed by atoms with Crippen LogP contribution in [0.1, 0.15) is 95.1 Å². The summed E-state index contributed by atoms with van der Waals surface area (Å²) >= 11 is 31.3. The Hall–Kier alpha value is -14.7. The Morgan fingerprint density at radius 3 is 1.03 bits per heavy atom. The van der Waals surface area contributed by atoms with Crippen LogP contribution in [0.3, 0.4) is 0 Å². The monoisotopic (exact) mass is 2150 g/mol. The first kappa shape index (κ1) is 110. The van der Waals surface area contributed by atoms with Crippen molar-refractivity contribution in [3.05, 3.63) is 392 Å². The molecule has 7 heterocycles. The Labute approximate surface area is 865 Å². The van der Waals surface area contributed by atoms with E-state index in [1.165, 1.54) is 67.0 Å². The van der Waals surface area contributed by atoms with Crippen LogP contribution in [-0.2, 0) is 63.2 Å². The van der Waals surface area contributed by atoms with Crippen molar-refractivity contribution in [1.29, 1.82) is 0 Å². The van der Waals surface area contributed by atoms with E-state index in [1.807, 2.05) is 66.7 Å². The molecule has 6 aromatic heterocycles. The molecule has 1 aliphatic rings. The van der Waals surface area contributed by atoms with Gasteiger partial charge in [0.25, 0.3) is 29.5 Å². The van der Waals surface area contributed by atoms with Gasteiger partial charge in [-0.2, -0.15) is 17.5 Å². The van der Waals surface area contributed by atoms with E-state index in [4.69, 9.17) is 58.0 Å². The molecule has 752 valence electrons. The summed E-state index contributed by atoms with van der Waals surface area (Å²) in [5.74, 6) is -2.05. The molecule has 146 heavy (non-hydrogen) atoms. The molecule has 0 aliphatic carbocycles. The van der Waals surface area contributed by atoms with Gasteiger partial charge in [-0.05, 0) is 281 Å². The maximum absolute atomic E-state index is 12.9. The minimum absolute atomic E-state index is 0.0231. The normalized spacial score (nSPS) is 12.0. The van der Waals surface area contributed by atoms with Crippen LogP contribution in [0, 0.1) is 6.92 Å². The van der Waals surface area contributed by atoms with Gasteiger partial charge in [0, 0.05) is 160 Å². The Bertz CT molecular complexity index is 7580. The fraction of sp³-hybridized carbons (Fsp3) is 0.135. The first-order chi connectivity index (χ1) is 69.3. The lowest BCUT2D eigenvalue weighted by Crippen LogP contribution is -2.49.